The molecule has 0 radical (unpaired) electrons. The smallest absolute Gasteiger partial charge is 0.225 e. The van der Waals surface area contributed by atoms with Gasteiger partial charge in [0.05, 0.1) is 11.4 Å². The van der Waals surface area contributed by atoms with E-state index in [9.17, 15) is 0 Å². The number of hydrogen-bond acceptors (Lipinski definition) is 6. The Hall–Kier alpha value is -2.08. The molecule has 3 rings (SSSR count). The summed E-state index contributed by atoms with van der Waals surface area (Å²) in [5.41, 5.74) is 2.53. The van der Waals surface area contributed by atoms with Crippen LogP contribution in [0.2, 0.25) is 0 Å². The molecule has 0 aliphatic carbocycles. The molecule has 0 aromatic carbocycles. The van der Waals surface area contributed by atoms with Gasteiger partial charge >= 0.3 is 0 Å². The minimum atomic E-state index is 0.768. The number of aromatic nitrogens is 4. The maximum atomic E-state index is 4.61. The van der Waals surface area contributed by atoms with E-state index < -0.39 is 0 Å². The van der Waals surface area contributed by atoms with Crippen molar-refractivity contribution in [3.8, 4) is 11.4 Å². The van der Waals surface area contributed by atoms with Gasteiger partial charge in [-0.3, -0.25) is 9.97 Å². The number of nitrogens with one attached hydrogen (secondary N) is 1. The normalized spacial score (nSPS) is 15.5. The first-order valence-electron chi connectivity index (χ1n) is 6.41. The molecule has 3 heterocycles. The Morgan fingerprint density at radius 2 is 1.84 bits per heavy atom. The number of hydrogen-bond donors (Lipinski definition) is 1. The van der Waals surface area contributed by atoms with Crippen molar-refractivity contribution in [2.45, 2.75) is 6.92 Å². The van der Waals surface area contributed by atoms with E-state index in [0.29, 0.717) is 0 Å². The van der Waals surface area contributed by atoms with Crippen molar-refractivity contribution in [3.63, 3.8) is 0 Å². The third kappa shape index (κ3) is 2.53. The summed E-state index contributed by atoms with van der Waals surface area (Å²) in [5, 5.41) is 3.32. The zero-order chi connectivity index (χ0) is 13.1. The van der Waals surface area contributed by atoms with Gasteiger partial charge in [0.2, 0.25) is 5.95 Å². The summed E-state index contributed by atoms with van der Waals surface area (Å²) in [5.74, 6) is 0.768. The Morgan fingerprint density at radius 3 is 2.63 bits per heavy atom. The molecule has 98 valence electrons. The molecule has 6 heteroatoms. The van der Waals surface area contributed by atoms with E-state index in [-0.39, 0.29) is 0 Å². The molecule has 1 aliphatic rings. The number of nitrogens with zero attached hydrogens (tertiary/aromatic N) is 5. The first-order chi connectivity index (χ1) is 9.34. The Bertz CT molecular complexity index is 565. The quantitative estimate of drug-likeness (QED) is 0.851. The zero-order valence-electron chi connectivity index (χ0n) is 10.9. The van der Waals surface area contributed by atoms with E-state index in [0.717, 1.165) is 49.2 Å². The maximum absolute atomic E-state index is 4.61. The van der Waals surface area contributed by atoms with Gasteiger partial charge in [0.25, 0.3) is 0 Å². The lowest BCUT2D eigenvalue weighted by atomic mass is 10.2. The zero-order valence-corrected chi connectivity index (χ0v) is 10.9. The van der Waals surface area contributed by atoms with E-state index in [4.69, 9.17) is 0 Å². The molecule has 1 fully saturated rings. The minimum Gasteiger partial charge on any atom is -0.338 e. The van der Waals surface area contributed by atoms with Gasteiger partial charge in [-0.1, -0.05) is 0 Å². The standard InChI is InChI=1S/C13H16N6/c1-10-12(16-5-4-15-10)11-2-3-17-13(18-11)19-8-6-14-7-9-19/h2-5,14H,6-9H2,1H3. The van der Waals surface area contributed by atoms with Crippen LogP contribution in [0.3, 0.4) is 0 Å². The molecular formula is C13H16N6. The lowest BCUT2D eigenvalue weighted by Crippen LogP contribution is -2.44. The summed E-state index contributed by atoms with van der Waals surface area (Å²) in [7, 11) is 0. The first kappa shape index (κ1) is 12.0. The van der Waals surface area contributed by atoms with Crippen LogP contribution in [-0.2, 0) is 0 Å². The highest BCUT2D eigenvalue weighted by Crippen LogP contribution is 2.18. The molecular weight excluding hydrogens is 240 g/mol. The van der Waals surface area contributed by atoms with Crippen molar-refractivity contribution in [2.75, 3.05) is 31.1 Å². The predicted molar refractivity (Wildman–Crippen MR) is 72.9 cm³/mol. The van der Waals surface area contributed by atoms with Crippen LogP contribution in [-0.4, -0.2) is 46.1 Å². The first-order valence-corrected chi connectivity index (χ1v) is 6.41. The molecule has 1 saturated heterocycles. The number of anilines is 1. The molecule has 0 amide bonds. The minimum absolute atomic E-state index is 0.768. The average molecular weight is 256 g/mol. The van der Waals surface area contributed by atoms with Gasteiger partial charge < -0.3 is 10.2 Å². The van der Waals surface area contributed by atoms with E-state index in [1.807, 2.05) is 13.0 Å². The highest BCUT2D eigenvalue weighted by atomic mass is 15.3. The molecule has 6 nitrogen and oxygen atoms in total. The van der Waals surface area contributed by atoms with Crippen LogP contribution in [0.5, 0.6) is 0 Å². The summed E-state index contributed by atoms with van der Waals surface area (Å²) >= 11 is 0. The molecule has 0 bridgehead atoms. The van der Waals surface area contributed by atoms with Crippen LogP contribution < -0.4 is 10.2 Å². The van der Waals surface area contributed by atoms with E-state index in [1.165, 1.54) is 0 Å². The Labute approximate surface area is 111 Å². The average Bonchev–Trinajstić information content (AvgIpc) is 2.49. The molecule has 2 aromatic heterocycles. The summed E-state index contributed by atoms with van der Waals surface area (Å²) in [6, 6.07) is 1.88. The second kappa shape index (κ2) is 5.27. The summed E-state index contributed by atoms with van der Waals surface area (Å²) in [6.07, 6.45) is 5.17. The van der Waals surface area contributed by atoms with Gasteiger partial charge in [0.15, 0.2) is 0 Å². The molecule has 0 saturated carbocycles. The predicted octanol–water partition coefficient (Wildman–Crippen LogP) is 0.652. The van der Waals surface area contributed by atoms with Crippen LogP contribution in [0.1, 0.15) is 5.69 Å². The van der Waals surface area contributed by atoms with Gasteiger partial charge in [-0.05, 0) is 13.0 Å². The molecule has 0 unspecified atom stereocenters. The third-order valence-corrected chi connectivity index (χ3v) is 3.17. The summed E-state index contributed by atoms with van der Waals surface area (Å²) in [4.78, 5) is 19.8. The molecule has 0 atom stereocenters. The SMILES string of the molecule is Cc1nccnc1-c1ccnc(N2CCNCC2)n1. The van der Waals surface area contributed by atoms with Crippen molar-refractivity contribution in [1.29, 1.82) is 0 Å². The van der Waals surface area contributed by atoms with Gasteiger partial charge in [-0.25, -0.2) is 9.97 Å². The number of piperazine rings is 1. The number of aryl methyl sites for hydroxylation is 1. The molecule has 1 N–H and O–H groups in total. The Kier molecular flexibility index (Phi) is 3.33. The van der Waals surface area contributed by atoms with Crippen LogP contribution >= 0.6 is 0 Å². The topological polar surface area (TPSA) is 66.8 Å². The summed E-state index contributed by atoms with van der Waals surface area (Å²) in [6.45, 7) is 5.75. The fraction of sp³-hybridized carbons (Fsp3) is 0.385. The van der Waals surface area contributed by atoms with E-state index >= 15 is 0 Å². The van der Waals surface area contributed by atoms with E-state index in [1.54, 1.807) is 18.6 Å². The van der Waals surface area contributed by atoms with Crippen LogP contribution in [0.15, 0.2) is 24.7 Å². The maximum Gasteiger partial charge on any atom is 0.225 e. The molecule has 19 heavy (non-hydrogen) atoms. The largest absolute Gasteiger partial charge is 0.338 e. The monoisotopic (exact) mass is 256 g/mol. The van der Waals surface area contributed by atoms with Gasteiger partial charge in [-0.15, -0.1) is 0 Å². The number of rotatable bonds is 2. The van der Waals surface area contributed by atoms with Crippen LogP contribution in [0, 0.1) is 6.92 Å². The molecule has 0 spiro atoms. The van der Waals surface area contributed by atoms with Crippen molar-refractivity contribution < 1.29 is 0 Å². The van der Waals surface area contributed by atoms with Crippen molar-refractivity contribution in [2.24, 2.45) is 0 Å². The molecule has 1 aliphatic heterocycles. The second-order valence-electron chi connectivity index (χ2n) is 4.47. The highest BCUT2D eigenvalue weighted by Gasteiger charge is 2.14. The fourth-order valence-corrected chi connectivity index (χ4v) is 2.16. The molecule has 2 aromatic rings. The van der Waals surface area contributed by atoms with Crippen molar-refractivity contribution in [3.05, 3.63) is 30.4 Å². The van der Waals surface area contributed by atoms with Crippen molar-refractivity contribution >= 4 is 5.95 Å². The van der Waals surface area contributed by atoms with Crippen LogP contribution in [0.25, 0.3) is 11.4 Å². The summed E-state index contributed by atoms with van der Waals surface area (Å²) < 4.78 is 0. The lowest BCUT2D eigenvalue weighted by molar-refractivity contribution is 0.580. The lowest BCUT2D eigenvalue weighted by Gasteiger charge is -2.27. The second-order valence-corrected chi connectivity index (χ2v) is 4.47. The highest BCUT2D eigenvalue weighted by molar-refractivity contribution is 5.57. The Balaban J connectivity index is 1.93. The van der Waals surface area contributed by atoms with Crippen LogP contribution in [0.4, 0.5) is 5.95 Å². The van der Waals surface area contributed by atoms with E-state index in [2.05, 4.69) is 30.2 Å². The Morgan fingerprint density at radius 1 is 1.05 bits per heavy atom. The van der Waals surface area contributed by atoms with Gasteiger partial charge in [0, 0.05) is 44.8 Å². The van der Waals surface area contributed by atoms with Gasteiger partial charge in [0.1, 0.15) is 5.69 Å². The van der Waals surface area contributed by atoms with Gasteiger partial charge in [-0.2, -0.15) is 0 Å². The fourth-order valence-electron chi connectivity index (χ4n) is 2.16. The van der Waals surface area contributed by atoms with Crippen molar-refractivity contribution in [1.82, 2.24) is 25.3 Å². The third-order valence-electron chi connectivity index (χ3n) is 3.17.